The van der Waals surface area contributed by atoms with Gasteiger partial charge in [-0.3, -0.25) is 9.00 Å². The van der Waals surface area contributed by atoms with Gasteiger partial charge >= 0.3 is 5.97 Å². The topological polar surface area (TPSA) is 56.5 Å². The number of benzene rings is 1. The van der Waals surface area contributed by atoms with Gasteiger partial charge in [-0.15, -0.1) is 0 Å². The van der Waals surface area contributed by atoms with Crippen LogP contribution in [0.4, 0.5) is 0 Å². The molecule has 1 heterocycles. The first-order valence-corrected chi connectivity index (χ1v) is 8.16. The smallest absolute Gasteiger partial charge is 0.313 e. The average Bonchev–Trinajstić information content (AvgIpc) is 2.73. The van der Waals surface area contributed by atoms with Crippen LogP contribution in [0.1, 0.15) is 19.1 Å². The second-order valence-electron chi connectivity index (χ2n) is 4.35. The number of ether oxygens (including phenoxy) is 1. The van der Waals surface area contributed by atoms with Crippen LogP contribution in [-0.2, 0) is 26.8 Å². The minimum Gasteiger partial charge on any atom is -0.465 e. The Morgan fingerprint density at radius 2 is 2.20 bits per heavy atom. The van der Waals surface area contributed by atoms with Crippen LogP contribution < -0.4 is 0 Å². The molecule has 0 fully saturated rings. The summed E-state index contributed by atoms with van der Waals surface area (Å²) in [5, 5.41) is 1.21. The van der Waals surface area contributed by atoms with E-state index in [-0.39, 0.29) is 12.4 Å². The third kappa shape index (κ3) is 3.22. The predicted octanol–water partition coefficient (Wildman–Crippen LogP) is 3.32. The van der Waals surface area contributed by atoms with E-state index in [9.17, 15) is 9.00 Å². The van der Waals surface area contributed by atoms with Crippen LogP contribution in [0.2, 0.25) is 5.02 Å². The molecule has 0 saturated heterocycles. The molecule has 2 aromatic rings. The van der Waals surface area contributed by atoms with Gasteiger partial charge in [0.25, 0.3) is 0 Å². The van der Waals surface area contributed by atoms with E-state index in [1.54, 1.807) is 24.5 Å². The average molecular weight is 315 g/mol. The number of esters is 1. The molecule has 0 N–H and O–H groups in total. The van der Waals surface area contributed by atoms with E-state index in [1.807, 2.05) is 6.92 Å². The van der Waals surface area contributed by atoms with Gasteiger partial charge in [0.15, 0.2) is 0 Å². The van der Waals surface area contributed by atoms with Crippen LogP contribution in [0.15, 0.2) is 27.5 Å². The Morgan fingerprint density at radius 1 is 1.45 bits per heavy atom. The molecule has 0 aliphatic carbocycles. The number of fused-ring (bicyclic) bond motifs is 1. The Hall–Kier alpha value is -1.33. The van der Waals surface area contributed by atoms with E-state index in [2.05, 4.69) is 0 Å². The van der Waals surface area contributed by atoms with Crippen LogP contribution in [-0.4, -0.2) is 23.0 Å². The summed E-state index contributed by atoms with van der Waals surface area (Å²) in [5.74, 6) is -0.00657. The lowest BCUT2D eigenvalue weighted by molar-refractivity contribution is -0.143. The van der Waals surface area contributed by atoms with E-state index in [1.165, 1.54) is 0 Å². The fraction of sp³-hybridized carbons (Fsp3) is 0.357. The van der Waals surface area contributed by atoms with E-state index >= 15 is 0 Å². The Kier molecular flexibility index (Phi) is 4.83. The van der Waals surface area contributed by atoms with Crippen molar-refractivity contribution in [1.82, 2.24) is 0 Å². The second kappa shape index (κ2) is 6.41. The van der Waals surface area contributed by atoms with Crippen molar-refractivity contribution in [3.8, 4) is 0 Å². The lowest BCUT2D eigenvalue weighted by atomic mass is 10.2. The molecule has 0 spiro atoms. The maximum Gasteiger partial charge on any atom is 0.313 e. The maximum atomic E-state index is 11.9. The fourth-order valence-electron chi connectivity index (χ4n) is 1.93. The van der Waals surface area contributed by atoms with Crippen molar-refractivity contribution in [2.75, 3.05) is 12.9 Å². The van der Waals surface area contributed by atoms with Gasteiger partial charge < -0.3 is 9.15 Å². The SMILES string of the molecule is CCCOC(=O)Cc1oc2ccc(Cl)cc2c1S(C)=O. The van der Waals surface area contributed by atoms with Crippen molar-refractivity contribution in [2.24, 2.45) is 0 Å². The number of hydrogen-bond acceptors (Lipinski definition) is 4. The summed E-state index contributed by atoms with van der Waals surface area (Å²) in [4.78, 5) is 12.2. The number of hydrogen-bond donors (Lipinski definition) is 0. The molecule has 4 nitrogen and oxygen atoms in total. The molecule has 20 heavy (non-hydrogen) atoms. The van der Waals surface area contributed by atoms with Crippen molar-refractivity contribution in [3.63, 3.8) is 0 Å². The van der Waals surface area contributed by atoms with Crippen molar-refractivity contribution in [1.29, 1.82) is 0 Å². The summed E-state index contributed by atoms with van der Waals surface area (Å²) >= 11 is 5.95. The van der Waals surface area contributed by atoms with Crippen LogP contribution in [0, 0.1) is 0 Å². The summed E-state index contributed by atoms with van der Waals surface area (Å²) in [6.07, 6.45) is 2.28. The van der Waals surface area contributed by atoms with Crippen molar-refractivity contribution in [3.05, 3.63) is 29.0 Å². The zero-order valence-electron chi connectivity index (χ0n) is 11.3. The molecule has 1 atom stereocenters. The number of carbonyl (C=O) groups excluding carboxylic acids is 1. The third-order valence-corrected chi connectivity index (χ3v) is 3.99. The van der Waals surface area contributed by atoms with E-state index < -0.39 is 10.8 Å². The van der Waals surface area contributed by atoms with Gasteiger partial charge in [0, 0.05) is 16.7 Å². The third-order valence-electron chi connectivity index (χ3n) is 2.73. The van der Waals surface area contributed by atoms with Gasteiger partial charge in [-0.25, -0.2) is 0 Å². The fourth-order valence-corrected chi connectivity index (χ4v) is 3.00. The molecule has 1 aromatic carbocycles. The van der Waals surface area contributed by atoms with Gasteiger partial charge in [-0.2, -0.15) is 0 Å². The molecule has 0 aliphatic heterocycles. The van der Waals surface area contributed by atoms with Gasteiger partial charge in [0.05, 0.1) is 22.3 Å². The van der Waals surface area contributed by atoms with Gasteiger partial charge in [-0.1, -0.05) is 18.5 Å². The van der Waals surface area contributed by atoms with E-state index in [0.29, 0.717) is 33.3 Å². The molecular formula is C14H15ClO4S. The van der Waals surface area contributed by atoms with Crippen LogP contribution >= 0.6 is 11.6 Å². The van der Waals surface area contributed by atoms with Gasteiger partial charge in [-0.05, 0) is 24.6 Å². The largest absolute Gasteiger partial charge is 0.465 e. The molecule has 0 aliphatic rings. The van der Waals surface area contributed by atoms with Crippen molar-refractivity contribution < 1.29 is 18.2 Å². The first kappa shape index (κ1) is 15.1. The van der Waals surface area contributed by atoms with Crippen LogP contribution in [0.3, 0.4) is 0 Å². The quantitative estimate of drug-likeness (QED) is 0.794. The molecule has 0 radical (unpaired) electrons. The summed E-state index contributed by atoms with van der Waals surface area (Å²) in [7, 11) is -1.27. The molecule has 2 rings (SSSR count). The Balaban J connectivity index is 2.39. The molecule has 0 saturated carbocycles. The predicted molar refractivity (Wildman–Crippen MR) is 78.5 cm³/mol. The molecular weight excluding hydrogens is 300 g/mol. The van der Waals surface area contributed by atoms with Crippen molar-refractivity contribution >= 4 is 39.3 Å². The number of furan rings is 1. The number of halogens is 1. The minimum atomic E-state index is -1.27. The summed E-state index contributed by atoms with van der Waals surface area (Å²) in [6, 6.07) is 5.09. The Labute approximate surface area is 124 Å². The van der Waals surface area contributed by atoms with Crippen molar-refractivity contribution in [2.45, 2.75) is 24.7 Å². The summed E-state index contributed by atoms with van der Waals surface area (Å²) in [5.41, 5.74) is 0.567. The van der Waals surface area contributed by atoms with E-state index in [4.69, 9.17) is 20.8 Å². The zero-order chi connectivity index (χ0) is 14.7. The molecule has 108 valence electrons. The first-order chi connectivity index (χ1) is 9.52. The maximum absolute atomic E-state index is 11.9. The number of carbonyl (C=O) groups is 1. The molecule has 1 unspecified atom stereocenters. The van der Waals surface area contributed by atoms with Gasteiger partial charge in [0.2, 0.25) is 0 Å². The highest BCUT2D eigenvalue weighted by Gasteiger charge is 2.20. The van der Waals surface area contributed by atoms with Crippen LogP contribution in [0.25, 0.3) is 11.0 Å². The minimum absolute atomic E-state index is 0.0266. The summed E-state index contributed by atoms with van der Waals surface area (Å²) in [6.45, 7) is 2.29. The van der Waals surface area contributed by atoms with E-state index in [0.717, 1.165) is 6.42 Å². The second-order valence-corrected chi connectivity index (χ2v) is 6.10. The first-order valence-electron chi connectivity index (χ1n) is 6.23. The van der Waals surface area contributed by atoms with Gasteiger partial charge in [0.1, 0.15) is 17.8 Å². The summed E-state index contributed by atoms with van der Waals surface area (Å²) < 4.78 is 22.5. The normalized spacial score (nSPS) is 12.6. The lowest BCUT2D eigenvalue weighted by Crippen LogP contribution is -2.09. The Morgan fingerprint density at radius 3 is 2.85 bits per heavy atom. The highest BCUT2D eigenvalue weighted by Crippen LogP contribution is 2.31. The highest BCUT2D eigenvalue weighted by atomic mass is 35.5. The monoisotopic (exact) mass is 314 g/mol. The molecule has 6 heteroatoms. The molecule has 0 bridgehead atoms. The number of rotatable bonds is 5. The standard InChI is InChI=1S/C14H15ClO4S/c1-3-6-18-13(16)8-12-14(20(2)17)10-7-9(15)4-5-11(10)19-12/h4-5,7H,3,6,8H2,1-2H3. The lowest BCUT2D eigenvalue weighted by Gasteiger charge is -2.02. The molecule has 0 amide bonds. The highest BCUT2D eigenvalue weighted by molar-refractivity contribution is 7.84. The zero-order valence-corrected chi connectivity index (χ0v) is 12.8. The van der Waals surface area contributed by atoms with Crippen LogP contribution in [0.5, 0.6) is 0 Å². The molecule has 1 aromatic heterocycles. The Bertz CT molecular complexity index is 662.